The third kappa shape index (κ3) is 2.39. The van der Waals surface area contributed by atoms with E-state index >= 15 is 0 Å². The Morgan fingerprint density at radius 3 is 2.95 bits per heavy atom. The number of carbonyl (C=O) groups is 2. The lowest BCUT2D eigenvalue weighted by molar-refractivity contribution is -0.119. The zero-order chi connectivity index (χ0) is 14.1. The van der Waals surface area contributed by atoms with Gasteiger partial charge < -0.3 is 15.7 Å². The minimum atomic E-state index is -0.899. The maximum absolute atomic E-state index is 11.4. The Morgan fingerprint density at radius 1 is 1.45 bits per heavy atom. The van der Waals surface area contributed by atoms with E-state index in [-0.39, 0.29) is 11.9 Å². The average Bonchev–Trinajstić information content (AvgIpc) is 3.00. The number of hydrogen-bond acceptors (Lipinski definition) is 4. The molecule has 1 unspecified atom stereocenters. The van der Waals surface area contributed by atoms with Crippen molar-refractivity contribution in [3.05, 3.63) is 34.7 Å². The third-order valence-electron chi connectivity index (χ3n) is 3.44. The molecule has 6 heteroatoms. The van der Waals surface area contributed by atoms with Crippen LogP contribution in [-0.4, -0.2) is 29.6 Å². The standard InChI is InChI=1S/C14H14N2O3S/c17-12-5-8(6-16-12)15-7-10-9-3-1-2-4-11(9)20-13(10)14(18)19/h1-4,8,15H,5-7H2,(H,16,17)(H,18,19). The summed E-state index contributed by atoms with van der Waals surface area (Å²) in [5.41, 5.74) is 0.803. The monoisotopic (exact) mass is 290 g/mol. The largest absolute Gasteiger partial charge is 0.477 e. The van der Waals surface area contributed by atoms with E-state index in [0.29, 0.717) is 24.4 Å². The second-order valence-corrected chi connectivity index (χ2v) is 5.85. The molecule has 1 aromatic carbocycles. The molecule has 1 saturated heterocycles. The highest BCUT2D eigenvalue weighted by Gasteiger charge is 2.23. The SMILES string of the molecule is O=C1CC(NCc2c(C(=O)O)sc3ccccc23)CN1. The fourth-order valence-corrected chi connectivity index (χ4v) is 3.50. The van der Waals surface area contributed by atoms with Crippen LogP contribution in [0.5, 0.6) is 0 Å². The van der Waals surface area contributed by atoms with Crippen LogP contribution in [0.25, 0.3) is 10.1 Å². The van der Waals surface area contributed by atoms with Crippen molar-refractivity contribution in [1.82, 2.24) is 10.6 Å². The summed E-state index contributed by atoms with van der Waals surface area (Å²) in [6, 6.07) is 7.75. The lowest BCUT2D eigenvalue weighted by atomic mass is 10.1. The van der Waals surface area contributed by atoms with Crippen molar-refractivity contribution in [3.8, 4) is 0 Å². The quantitative estimate of drug-likeness (QED) is 0.799. The highest BCUT2D eigenvalue weighted by atomic mass is 32.1. The number of aromatic carboxylic acids is 1. The maximum Gasteiger partial charge on any atom is 0.346 e. The van der Waals surface area contributed by atoms with Crippen LogP contribution in [0.1, 0.15) is 21.7 Å². The fourth-order valence-electron chi connectivity index (χ4n) is 2.44. The van der Waals surface area contributed by atoms with Gasteiger partial charge in [0.05, 0.1) is 0 Å². The number of hydrogen-bond donors (Lipinski definition) is 3. The smallest absolute Gasteiger partial charge is 0.346 e. The van der Waals surface area contributed by atoms with E-state index in [1.807, 2.05) is 24.3 Å². The van der Waals surface area contributed by atoms with E-state index in [2.05, 4.69) is 10.6 Å². The molecule has 1 fully saturated rings. The second kappa shape index (κ2) is 5.22. The lowest BCUT2D eigenvalue weighted by Gasteiger charge is -2.10. The molecule has 1 aliphatic heterocycles. The predicted octanol–water partition coefficient (Wildman–Crippen LogP) is 1.58. The van der Waals surface area contributed by atoms with Gasteiger partial charge in [0, 0.05) is 30.3 Å². The molecule has 2 heterocycles. The summed E-state index contributed by atoms with van der Waals surface area (Å²) in [6.45, 7) is 1.06. The molecule has 0 saturated carbocycles. The molecule has 1 aliphatic rings. The van der Waals surface area contributed by atoms with Crippen LogP contribution in [0, 0.1) is 0 Å². The number of fused-ring (bicyclic) bond motifs is 1. The van der Waals surface area contributed by atoms with Gasteiger partial charge in [0.1, 0.15) is 4.88 Å². The number of carboxylic acids is 1. The summed E-state index contributed by atoms with van der Waals surface area (Å²) in [7, 11) is 0. The van der Waals surface area contributed by atoms with Crippen molar-refractivity contribution >= 4 is 33.3 Å². The van der Waals surface area contributed by atoms with Gasteiger partial charge >= 0.3 is 5.97 Å². The minimum absolute atomic E-state index is 0.0381. The Bertz CT molecular complexity index is 680. The summed E-state index contributed by atoms with van der Waals surface area (Å²) in [4.78, 5) is 22.9. The Morgan fingerprint density at radius 2 is 2.25 bits per heavy atom. The van der Waals surface area contributed by atoms with Crippen LogP contribution < -0.4 is 10.6 Å². The first kappa shape index (κ1) is 13.1. The first-order valence-electron chi connectivity index (χ1n) is 6.39. The molecule has 0 spiro atoms. The normalized spacial score (nSPS) is 18.4. The second-order valence-electron chi connectivity index (χ2n) is 4.80. The molecule has 0 radical (unpaired) electrons. The molecular weight excluding hydrogens is 276 g/mol. The van der Waals surface area contributed by atoms with E-state index in [1.165, 1.54) is 11.3 Å². The summed E-state index contributed by atoms with van der Waals surface area (Å²) < 4.78 is 0.974. The van der Waals surface area contributed by atoms with Gasteiger partial charge in [-0.1, -0.05) is 18.2 Å². The van der Waals surface area contributed by atoms with Gasteiger partial charge in [-0.2, -0.15) is 0 Å². The van der Waals surface area contributed by atoms with Gasteiger partial charge in [0.25, 0.3) is 0 Å². The lowest BCUT2D eigenvalue weighted by Crippen LogP contribution is -2.30. The minimum Gasteiger partial charge on any atom is -0.477 e. The maximum atomic E-state index is 11.4. The molecule has 1 aromatic heterocycles. The van der Waals surface area contributed by atoms with E-state index in [1.54, 1.807) is 0 Å². The van der Waals surface area contributed by atoms with Crippen molar-refractivity contribution in [2.45, 2.75) is 19.0 Å². The van der Waals surface area contributed by atoms with Gasteiger partial charge in [-0.25, -0.2) is 4.79 Å². The molecule has 104 valence electrons. The van der Waals surface area contributed by atoms with Crippen LogP contribution in [0.3, 0.4) is 0 Å². The van der Waals surface area contributed by atoms with Gasteiger partial charge in [-0.05, 0) is 17.0 Å². The zero-order valence-corrected chi connectivity index (χ0v) is 11.5. The number of amides is 1. The average molecular weight is 290 g/mol. The molecule has 5 nitrogen and oxygen atoms in total. The van der Waals surface area contributed by atoms with Gasteiger partial charge in [0.15, 0.2) is 0 Å². The molecule has 0 bridgehead atoms. The van der Waals surface area contributed by atoms with Crippen LogP contribution in [-0.2, 0) is 11.3 Å². The van der Waals surface area contributed by atoms with Crippen LogP contribution >= 0.6 is 11.3 Å². The van der Waals surface area contributed by atoms with Crippen molar-refractivity contribution in [1.29, 1.82) is 0 Å². The molecule has 1 amide bonds. The van der Waals surface area contributed by atoms with Crippen molar-refractivity contribution in [2.75, 3.05) is 6.54 Å². The Labute approximate surface area is 119 Å². The highest BCUT2D eigenvalue weighted by molar-refractivity contribution is 7.21. The topological polar surface area (TPSA) is 78.4 Å². The van der Waals surface area contributed by atoms with E-state index < -0.39 is 5.97 Å². The third-order valence-corrected chi connectivity index (χ3v) is 4.64. The molecule has 3 N–H and O–H groups in total. The fraction of sp³-hybridized carbons (Fsp3) is 0.286. The van der Waals surface area contributed by atoms with E-state index in [9.17, 15) is 14.7 Å². The van der Waals surface area contributed by atoms with Crippen LogP contribution in [0.2, 0.25) is 0 Å². The molecule has 3 rings (SSSR count). The number of carbonyl (C=O) groups excluding carboxylic acids is 1. The van der Waals surface area contributed by atoms with Gasteiger partial charge in [-0.3, -0.25) is 4.79 Å². The van der Waals surface area contributed by atoms with Gasteiger partial charge in [-0.15, -0.1) is 11.3 Å². The number of rotatable bonds is 4. The van der Waals surface area contributed by atoms with Gasteiger partial charge in [0.2, 0.25) is 5.91 Å². The first-order valence-corrected chi connectivity index (χ1v) is 7.20. The first-order chi connectivity index (χ1) is 9.65. The van der Waals surface area contributed by atoms with E-state index in [4.69, 9.17) is 0 Å². The van der Waals surface area contributed by atoms with Crippen LogP contribution in [0.4, 0.5) is 0 Å². The molecule has 2 aromatic rings. The van der Waals surface area contributed by atoms with Crippen molar-refractivity contribution in [3.63, 3.8) is 0 Å². The van der Waals surface area contributed by atoms with Crippen molar-refractivity contribution < 1.29 is 14.7 Å². The Kier molecular flexibility index (Phi) is 3.42. The van der Waals surface area contributed by atoms with Crippen LogP contribution in [0.15, 0.2) is 24.3 Å². The summed E-state index contributed by atoms with van der Waals surface area (Å²) in [6.07, 6.45) is 0.449. The Hall–Kier alpha value is -1.92. The predicted molar refractivity (Wildman–Crippen MR) is 77.0 cm³/mol. The highest BCUT2D eigenvalue weighted by Crippen LogP contribution is 2.31. The molecule has 0 aliphatic carbocycles. The molecular formula is C14H14N2O3S. The zero-order valence-electron chi connectivity index (χ0n) is 10.7. The van der Waals surface area contributed by atoms with Crippen molar-refractivity contribution in [2.24, 2.45) is 0 Å². The summed E-state index contributed by atoms with van der Waals surface area (Å²) in [5.74, 6) is -0.861. The molecule has 20 heavy (non-hydrogen) atoms. The Balaban J connectivity index is 1.87. The summed E-state index contributed by atoms with van der Waals surface area (Å²) >= 11 is 1.29. The number of nitrogens with one attached hydrogen (secondary N) is 2. The molecule has 1 atom stereocenters. The number of benzene rings is 1. The van der Waals surface area contributed by atoms with E-state index in [0.717, 1.165) is 15.6 Å². The summed E-state index contributed by atoms with van der Waals surface area (Å²) in [5, 5.41) is 16.3. The number of carboxylic acid groups (broad SMARTS) is 1. The number of thiophene rings is 1.